The molecule has 5 heteroatoms. The Morgan fingerprint density at radius 2 is 1.61 bits per heavy atom. The van der Waals surface area contributed by atoms with Gasteiger partial charge in [-0.3, -0.25) is 0 Å². The second-order valence-corrected chi connectivity index (χ2v) is 7.52. The van der Waals surface area contributed by atoms with Gasteiger partial charge in [-0.05, 0) is 55.0 Å². The van der Waals surface area contributed by atoms with Crippen LogP contribution in [-0.2, 0) is 12.8 Å². The maximum atomic E-state index is 14.4. The van der Waals surface area contributed by atoms with Gasteiger partial charge in [0.25, 0.3) is 0 Å². The van der Waals surface area contributed by atoms with E-state index in [1.807, 2.05) is 38.1 Å². The summed E-state index contributed by atoms with van der Waals surface area (Å²) >= 11 is 0. The van der Waals surface area contributed by atoms with Crippen LogP contribution in [0.1, 0.15) is 49.5 Å². The normalized spacial score (nSPS) is 12.1. The van der Waals surface area contributed by atoms with Crippen LogP contribution in [0.2, 0.25) is 0 Å². The molecule has 3 aromatic carbocycles. The molecule has 3 rings (SSSR count). The monoisotopic (exact) mass is 428 g/mol. The van der Waals surface area contributed by atoms with E-state index in [9.17, 15) is 18.3 Å². The van der Waals surface area contributed by atoms with Crippen LogP contribution in [0.3, 0.4) is 0 Å². The molecule has 0 aliphatic heterocycles. The number of hydrogen-bond acceptors (Lipinski definition) is 2. The van der Waals surface area contributed by atoms with E-state index in [2.05, 4.69) is 0 Å². The highest BCUT2D eigenvalue weighted by atomic mass is 19.2. The van der Waals surface area contributed by atoms with Gasteiger partial charge in [0.15, 0.2) is 11.6 Å². The first-order chi connectivity index (χ1) is 14.9. The second kappa shape index (κ2) is 10.5. The third kappa shape index (κ3) is 5.47. The molecule has 0 spiro atoms. The Morgan fingerprint density at radius 1 is 0.871 bits per heavy atom. The molecule has 0 amide bonds. The van der Waals surface area contributed by atoms with Gasteiger partial charge in [-0.2, -0.15) is 0 Å². The smallest absolute Gasteiger partial charge is 0.164 e. The maximum absolute atomic E-state index is 14.4. The Morgan fingerprint density at radius 3 is 2.26 bits per heavy atom. The number of halogens is 3. The van der Waals surface area contributed by atoms with Gasteiger partial charge in [-0.15, -0.1) is 0 Å². The predicted octanol–water partition coefficient (Wildman–Crippen LogP) is 6.79. The molecule has 1 unspecified atom stereocenters. The molecule has 1 N–H and O–H groups in total. The van der Waals surface area contributed by atoms with Crippen LogP contribution in [0.15, 0.2) is 54.6 Å². The molecule has 0 aliphatic carbocycles. The fourth-order valence-corrected chi connectivity index (χ4v) is 3.60. The summed E-state index contributed by atoms with van der Waals surface area (Å²) in [6.45, 7) is 4.19. The van der Waals surface area contributed by atoms with Crippen molar-refractivity contribution in [2.45, 2.75) is 45.6 Å². The number of ether oxygens (including phenoxy) is 1. The average Bonchev–Trinajstić information content (AvgIpc) is 2.76. The summed E-state index contributed by atoms with van der Waals surface area (Å²) in [6, 6.07) is 15.1. The fourth-order valence-electron chi connectivity index (χ4n) is 3.60. The van der Waals surface area contributed by atoms with Crippen molar-refractivity contribution in [2.75, 3.05) is 6.61 Å². The Balaban J connectivity index is 1.69. The molecule has 31 heavy (non-hydrogen) atoms. The summed E-state index contributed by atoms with van der Waals surface area (Å²) in [4.78, 5) is 0. The van der Waals surface area contributed by atoms with E-state index in [1.165, 1.54) is 18.2 Å². The number of hydrogen-bond donors (Lipinski definition) is 1. The standard InChI is InChI=1S/C26H27F3O2/c1-3-5-24(30)22-14-12-19(25(28)26(22)29)11-8-17-6-9-18(10-7-17)21-15-13-20(31-4-2)16-23(21)27/h6-7,9-10,12-16,24,30H,3-5,8,11H2,1-2H3. The Labute approximate surface area is 181 Å². The van der Waals surface area contributed by atoms with Crippen molar-refractivity contribution in [2.24, 2.45) is 0 Å². The van der Waals surface area contributed by atoms with Crippen LogP contribution in [0, 0.1) is 17.5 Å². The van der Waals surface area contributed by atoms with E-state index in [1.54, 1.807) is 12.1 Å². The van der Waals surface area contributed by atoms with Gasteiger partial charge in [0.1, 0.15) is 11.6 Å². The molecule has 0 heterocycles. The SMILES string of the molecule is CCCC(O)c1ccc(CCc2ccc(-c3ccc(OCC)cc3F)cc2)c(F)c1F. The Kier molecular flexibility index (Phi) is 7.75. The molecule has 164 valence electrons. The average molecular weight is 428 g/mol. The molecule has 0 bridgehead atoms. The van der Waals surface area contributed by atoms with Crippen LogP contribution in [0.5, 0.6) is 5.75 Å². The van der Waals surface area contributed by atoms with Gasteiger partial charge in [0.05, 0.1) is 12.7 Å². The molecule has 3 aromatic rings. The minimum Gasteiger partial charge on any atom is -0.494 e. The second-order valence-electron chi connectivity index (χ2n) is 7.52. The van der Waals surface area contributed by atoms with Crippen LogP contribution in [0.25, 0.3) is 11.1 Å². The summed E-state index contributed by atoms with van der Waals surface area (Å²) in [6.07, 6.45) is 0.907. The van der Waals surface area contributed by atoms with E-state index < -0.39 is 17.7 Å². The summed E-state index contributed by atoms with van der Waals surface area (Å²) < 4.78 is 48.5. The highest BCUT2D eigenvalue weighted by Crippen LogP contribution is 2.28. The van der Waals surface area contributed by atoms with Crippen LogP contribution < -0.4 is 4.74 Å². The molecule has 0 fully saturated rings. The number of benzene rings is 3. The molecule has 1 atom stereocenters. The third-order valence-electron chi connectivity index (χ3n) is 5.31. The van der Waals surface area contributed by atoms with Gasteiger partial charge in [-0.1, -0.05) is 49.7 Å². The molecule has 0 saturated heterocycles. The van der Waals surface area contributed by atoms with E-state index in [4.69, 9.17) is 4.74 Å². The third-order valence-corrected chi connectivity index (χ3v) is 5.31. The van der Waals surface area contributed by atoms with E-state index in [-0.39, 0.29) is 16.9 Å². The van der Waals surface area contributed by atoms with Crippen molar-refractivity contribution in [1.82, 2.24) is 0 Å². The van der Waals surface area contributed by atoms with E-state index >= 15 is 0 Å². The molecule has 0 saturated carbocycles. The lowest BCUT2D eigenvalue weighted by Crippen LogP contribution is -2.06. The van der Waals surface area contributed by atoms with Crippen molar-refractivity contribution >= 4 is 0 Å². The summed E-state index contributed by atoms with van der Waals surface area (Å²) in [5.74, 6) is -1.75. The van der Waals surface area contributed by atoms with Crippen LogP contribution >= 0.6 is 0 Å². The summed E-state index contributed by atoms with van der Waals surface area (Å²) in [7, 11) is 0. The zero-order valence-electron chi connectivity index (χ0n) is 17.8. The van der Waals surface area contributed by atoms with Crippen molar-refractivity contribution in [3.05, 3.63) is 88.7 Å². The first-order valence-electron chi connectivity index (χ1n) is 10.6. The predicted molar refractivity (Wildman–Crippen MR) is 117 cm³/mol. The lowest BCUT2D eigenvalue weighted by molar-refractivity contribution is 0.160. The minimum atomic E-state index is -0.996. The lowest BCUT2D eigenvalue weighted by Gasteiger charge is -2.13. The first kappa shape index (κ1) is 22.9. The number of rotatable bonds is 9. The number of aryl methyl sites for hydroxylation is 2. The van der Waals surface area contributed by atoms with Gasteiger partial charge in [0, 0.05) is 17.2 Å². The minimum absolute atomic E-state index is 0.00448. The van der Waals surface area contributed by atoms with Crippen molar-refractivity contribution in [3.63, 3.8) is 0 Å². The zero-order chi connectivity index (χ0) is 22.4. The van der Waals surface area contributed by atoms with E-state index in [0.717, 1.165) is 11.1 Å². The number of aliphatic hydroxyl groups excluding tert-OH is 1. The topological polar surface area (TPSA) is 29.5 Å². The fraction of sp³-hybridized carbons (Fsp3) is 0.308. The molecular weight excluding hydrogens is 401 g/mol. The zero-order valence-corrected chi connectivity index (χ0v) is 17.8. The molecule has 0 aliphatic rings. The van der Waals surface area contributed by atoms with Crippen molar-refractivity contribution < 1.29 is 23.0 Å². The molecule has 0 radical (unpaired) electrons. The molecule has 0 aromatic heterocycles. The maximum Gasteiger partial charge on any atom is 0.164 e. The quantitative estimate of drug-likeness (QED) is 0.407. The first-order valence-corrected chi connectivity index (χ1v) is 10.6. The van der Waals surface area contributed by atoms with Crippen LogP contribution in [0.4, 0.5) is 13.2 Å². The lowest BCUT2D eigenvalue weighted by atomic mass is 9.97. The van der Waals surface area contributed by atoms with Gasteiger partial charge >= 0.3 is 0 Å². The van der Waals surface area contributed by atoms with E-state index in [0.29, 0.717) is 43.6 Å². The highest BCUT2D eigenvalue weighted by Gasteiger charge is 2.18. The van der Waals surface area contributed by atoms with Crippen LogP contribution in [-0.4, -0.2) is 11.7 Å². The summed E-state index contributed by atoms with van der Waals surface area (Å²) in [5, 5.41) is 9.97. The van der Waals surface area contributed by atoms with Gasteiger partial charge in [-0.25, -0.2) is 13.2 Å². The molecular formula is C26H27F3O2. The van der Waals surface area contributed by atoms with Gasteiger partial charge < -0.3 is 9.84 Å². The largest absolute Gasteiger partial charge is 0.494 e. The molecule has 2 nitrogen and oxygen atoms in total. The van der Waals surface area contributed by atoms with Crippen molar-refractivity contribution in [3.8, 4) is 16.9 Å². The summed E-state index contributed by atoms with van der Waals surface area (Å²) in [5.41, 5.74) is 2.42. The Bertz CT molecular complexity index is 1020. The van der Waals surface area contributed by atoms with Crippen molar-refractivity contribution in [1.29, 1.82) is 0 Å². The van der Waals surface area contributed by atoms with Gasteiger partial charge in [0.2, 0.25) is 0 Å². The Hall–Kier alpha value is -2.79. The number of aliphatic hydroxyl groups is 1. The highest BCUT2D eigenvalue weighted by molar-refractivity contribution is 5.65.